The minimum Gasteiger partial charge on any atom is -0.492 e. The zero-order chi connectivity index (χ0) is 20.4. The molecule has 4 unspecified atom stereocenters. The van der Waals surface area contributed by atoms with Gasteiger partial charge >= 0.3 is 0 Å². The monoisotopic (exact) mass is 407 g/mol. The Balaban J connectivity index is 1.63. The highest BCUT2D eigenvalue weighted by Crippen LogP contribution is 2.41. The predicted molar refractivity (Wildman–Crippen MR) is 111 cm³/mol. The summed E-state index contributed by atoms with van der Waals surface area (Å²) in [5.74, 6) is 0.367. The van der Waals surface area contributed by atoms with Gasteiger partial charge in [0.05, 0.1) is 24.0 Å². The molecule has 0 radical (unpaired) electrons. The molecule has 29 heavy (non-hydrogen) atoms. The summed E-state index contributed by atoms with van der Waals surface area (Å²) in [6.45, 7) is 6.60. The molecule has 0 saturated carbocycles. The first-order valence-corrected chi connectivity index (χ1v) is 10.6. The molecular formula is C21H31F2N5O. The fraction of sp³-hybridized carbons (Fsp3) is 0.619. The minimum absolute atomic E-state index is 0.308. The van der Waals surface area contributed by atoms with Crippen LogP contribution in [-0.4, -0.2) is 50.9 Å². The molecule has 3 aliphatic rings. The lowest BCUT2D eigenvalue weighted by Gasteiger charge is -2.39. The van der Waals surface area contributed by atoms with Gasteiger partial charge in [0, 0.05) is 24.6 Å². The molecule has 1 aromatic rings. The molecule has 8 heteroatoms. The Bertz CT molecular complexity index is 772. The summed E-state index contributed by atoms with van der Waals surface area (Å²) in [5, 5.41) is 15.9. The molecule has 0 amide bonds. The van der Waals surface area contributed by atoms with E-state index in [0.717, 1.165) is 43.5 Å². The summed E-state index contributed by atoms with van der Waals surface area (Å²) in [7, 11) is 0. The highest BCUT2D eigenvalue weighted by atomic mass is 19.1. The first-order chi connectivity index (χ1) is 14.1. The van der Waals surface area contributed by atoms with E-state index in [1.54, 1.807) is 6.92 Å². The van der Waals surface area contributed by atoms with Crippen molar-refractivity contribution in [1.29, 1.82) is 0 Å². The average molecular weight is 408 g/mol. The fourth-order valence-corrected chi connectivity index (χ4v) is 4.33. The maximum Gasteiger partial charge on any atom is 0.157 e. The van der Waals surface area contributed by atoms with Crippen molar-refractivity contribution < 1.29 is 13.5 Å². The summed E-state index contributed by atoms with van der Waals surface area (Å²) in [6.07, 6.45) is 2.57. The van der Waals surface area contributed by atoms with E-state index in [4.69, 9.17) is 4.74 Å². The molecule has 4 rings (SSSR count). The number of ether oxygens (including phenoxy) is 1. The first-order valence-electron chi connectivity index (χ1n) is 10.6. The lowest BCUT2D eigenvalue weighted by molar-refractivity contribution is 0.112. The van der Waals surface area contributed by atoms with Gasteiger partial charge in [0.1, 0.15) is 18.2 Å². The Morgan fingerprint density at radius 1 is 1.28 bits per heavy atom. The molecule has 0 aromatic heterocycles. The third-order valence-electron chi connectivity index (χ3n) is 5.82. The van der Waals surface area contributed by atoms with Crippen LogP contribution in [0.2, 0.25) is 0 Å². The third-order valence-corrected chi connectivity index (χ3v) is 5.82. The first kappa shape index (κ1) is 20.5. The van der Waals surface area contributed by atoms with Crippen molar-refractivity contribution >= 4 is 11.3 Å². The second-order valence-electron chi connectivity index (χ2n) is 7.92. The van der Waals surface area contributed by atoms with Crippen LogP contribution in [0.1, 0.15) is 37.8 Å². The standard InChI is InChI=1S/C21H31F2N5O/c1-3-25-20-17(22)12(2)26-21(28-20)27-15-11-14-7-10-29-19(14)16(18(15)23)13-5-4-8-24-9-6-13/h6,11-12,17,20-21,24-28H,3-5,7-10H2,1-2H3. The molecule has 0 aliphatic carbocycles. The van der Waals surface area contributed by atoms with E-state index in [1.165, 1.54) is 0 Å². The van der Waals surface area contributed by atoms with Gasteiger partial charge in [0.15, 0.2) is 5.82 Å². The zero-order valence-corrected chi connectivity index (χ0v) is 17.1. The summed E-state index contributed by atoms with van der Waals surface area (Å²) in [4.78, 5) is 0. The SMILES string of the molecule is CCNC1NC(Nc2cc3c(c(C4=CCNCCC4)c2F)OCC3)NC(C)C1F. The van der Waals surface area contributed by atoms with Crippen molar-refractivity contribution in [2.45, 2.75) is 57.8 Å². The van der Waals surface area contributed by atoms with Gasteiger partial charge in [-0.15, -0.1) is 0 Å². The van der Waals surface area contributed by atoms with Gasteiger partial charge in [0.2, 0.25) is 0 Å². The van der Waals surface area contributed by atoms with Crippen LogP contribution in [0.15, 0.2) is 12.1 Å². The van der Waals surface area contributed by atoms with Crippen LogP contribution in [0.4, 0.5) is 14.5 Å². The predicted octanol–water partition coefficient (Wildman–Crippen LogP) is 2.08. The van der Waals surface area contributed by atoms with E-state index in [0.29, 0.717) is 30.2 Å². The van der Waals surface area contributed by atoms with Gasteiger partial charge in [0.25, 0.3) is 0 Å². The highest BCUT2D eigenvalue weighted by molar-refractivity contribution is 5.77. The molecule has 4 atom stereocenters. The van der Waals surface area contributed by atoms with Crippen LogP contribution >= 0.6 is 0 Å². The zero-order valence-electron chi connectivity index (χ0n) is 17.1. The molecule has 0 bridgehead atoms. The van der Waals surface area contributed by atoms with E-state index in [9.17, 15) is 4.39 Å². The van der Waals surface area contributed by atoms with Gasteiger partial charge in [-0.2, -0.15) is 0 Å². The van der Waals surface area contributed by atoms with E-state index < -0.39 is 18.6 Å². The Morgan fingerprint density at radius 2 is 2.14 bits per heavy atom. The van der Waals surface area contributed by atoms with Gasteiger partial charge < -0.3 is 15.4 Å². The highest BCUT2D eigenvalue weighted by Gasteiger charge is 2.35. The van der Waals surface area contributed by atoms with E-state index in [1.807, 2.05) is 13.0 Å². The maximum absolute atomic E-state index is 15.7. The summed E-state index contributed by atoms with van der Waals surface area (Å²) in [6, 6.07) is 1.46. The molecule has 1 fully saturated rings. The van der Waals surface area contributed by atoms with Crippen molar-refractivity contribution in [3.8, 4) is 5.75 Å². The smallest absolute Gasteiger partial charge is 0.157 e. The van der Waals surface area contributed by atoms with Gasteiger partial charge in [-0.1, -0.05) is 13.0 Å². The molecular weight excluding hydrogens is 376 g/mol. The topological polar surface area (TPSA) is 69.4 Å². The summed E-state index contributed by atoms with van der Waals surface area (Å²) in [5.41, 5.74) is 2.98. The maximum atomic E-state index is 15.7. The fourth-order valence-electron chi connectivity index (χ4n) is 4.33. The normalized spacial score (nSPS) is 29.6. The van der Waals surface area contributed by atoms with Crippen molar-refractivity contribution in [2.24, 2.45) is 0 Å². The number of anilines is 1. The second-order valence-corrected chi connectivity index (χ2v) is 7.92. The molecule has 5 N–H and O–H groups in total. The minimum atomic E-state index is -1.08. The van der Waals surface area contributed by atoms with Crippen LogP contribution in [0.25, 0.3) is 5.57 Å². The average Bonchev–Trinajstić information content (AvgIpc) is 2.99. The molecule has 6 nitrogen and oxygen atoms in total. The van der Waals surface area contributed by atoms with Crippen molar-refractivity contribution in [3.05, 3.63) is 29.1 Å². The van der Waals surface area contributed by atoms with Crippen LogP contribution in [0.3, 0.4) is 0 Å². The van der Waals surface area contributed by atoms with Crippen LogP contribution in [-0.2, 0) is 6.42 Å². The van der Waals surface area contributed by atoms with Crippen molar-refractivity contribution in [1.82, 2.24) is 21.3 Å². The van der Waals surface area contributed by atoms with Gasteiger partial charge in [-0.25, -0.2) is 8.78 Å². The third kappa shape index (κ3) is 4.26. The quantitative estimate of drug-likeness (QED) is 0.515. The van der Waals surface area contributed by atoms with Crippen molar-refractivity contribution in [2.75, 3.05) is 31.6 Å². The molecule has 160 valence electrons. The number of allylic oxidation sites excluding steroid dienone is 1. The Labute approximate surface area is 170 Å². The number of alkyl halides is 1. The number of hydrogen-bond acceptors (Lipinski definition) is 6. The lowest BCUT2D eigenvalue weighted by atomic mass is 9.96. The molecule has 3 aliphatic heterocycles. The summed E-state index contributed by atoms with van der Waals surface area (Å²) >= 11 is 0. The number of benzene rings is 1. The van der Waals surface area contributed by atoms with Crippen LogP contribution < -0.4 is 31.3 Å². The Hall–Kier alpha value is -1.74. The number of fused-ring (bicyclic) bond motifs is 1. The molecule has 1 saturated heterocycles. The van der Waals surface area contributed by atoms with E-state index in [-0.39, 0.29) is 11.9 Å². The largest absolute Gasteiger partial charge is 0.492 e. The van der Waals surface area contributed by atoms with E-state index in [2.05, 4.69) is 32.7 Å². The molecule has 3 heterocycles. The van der Waals surface area contributed by atoms with Crippen molar-refractivity contribution in [3.63, 3.8) is 0 Å². The number of halogens is 2. The molecule has 0 spiro atoms. The van der Waals surface area contributed by atoms with Gasteiger partial charge in [-0.05, 0) is 44.5 Å². The Kier molecular flexibility index (Phi) is 6.34. The van der Waals surface area contributed by atoms with Crippen LogP contribution in [0.5, 0.6) is 5.75 Å². The summed E-state index contributed by atoms with van der Waals surface area (Å²) < 4.78 is 35.9. The lowest BCUT2D eigenvalue weighted by Crippen LogP contribution is -2.70. The number of hydrogen-bond donors (Lipinski definition) is 5. The molecule has 1 aromatic carbocycles. The van der Waals surface area contributed by atoms with E-state index >= 15 is 4.39 Å². The van der Waals surface area contributed by atoms with Crippen LogP contribution in [0, 0.1) is 5.82 Å². The second kappa shape index (κ2) is 8.95. The number of rotatable bonds is 5. The Morgan fingerprint density at radius 3 is 2.97 bits per heavy atom. The number of nitrogens with one attached hydrogen (secondary N) is 5. The van der Waals surface area contributed by atoms with Gasteiger partial charge in [-0.3, -0.25) is 16.0 Å².